The van der Waals surface area contributed by atoms with Crippen molar-refractivity contribution in [3.05, 3.63) is 51.2 Å². The zero-order valence-corrected chi connectivity index (χ0v) is 13.6. The van der Waals surface area contributed by atoms with Gasteiger partial charge in [-0.15, -0.1) is 11.3 Å². The van der Waals surface area contributed by atoms with Crippen molar-refractivity contribution in [1.82, 2.24) is 5.32 Å². The summed E-state index contributed by atoms with van der Waals surface area (Å²) in [6, 6.07) is 7.79. The van der Waals surface area contributed by atoms with Crippen molar-refractivity contribution < 1.29 is 4.79 Å². The van der Waals surface area contributed by atoms with Crippen molar-refractivity contribution in [3.8, 4) is 0 Å². The van der Waals surface area contributed by atoms with Gasteiger partial charge in [-0.2, -0.15) is 0 Å². The number of aryl methyl sites for hydroxylation is 2. The second-order valence-electron chi connectivity index (χ2n) is 5.12. The minimum Gasteiger partial charge on any atom is -0.338 e. The monoisotopic (exact) mass is 302 g/mol. The number of hydrogen-bond donors (Lipinski definition) is 2. The van der Waals surface area contributed by atoms with Gasteiger partial charge < -0.3 is 10.6 Å². The highest BCUT2D eigenvalue weighted by atomic mass is 32.1. The molecule has 0 bridgehead atoms. The van der Waals surface area contributed by atoms with Crippen molar-refractivity contribution in [2.24, 2.45) is 0 Å². The first-order chi connectivity index (χ1) is 10.1. The molecule has 112 valence electrons. The Balaban J connectivity index is 1.78. The van der Waals surface area contributed by atoms with Gasteiger partial charge in [0, 0.05) is 17.1 Å². The fourth-order valence-electron chi connectivity index (χ4n) is 2.12. The molecule has 0 radical (unpaired) electrons. The summed E-state index contributed by atoms with van der Waals surface area (Å²) in [5.41, 5.74) is 4.76. The van der Waals surface area contributed by atoms with Crippen LogP contribution in [0.2, 0.25) is 0 Å². The Morgan fingerprint density at radius 3 is 2.48 bits per heavy atom. The van der Waals surface area contributed by atoms with Crippen molar-refractivity contribution in [2.75, 3.05) is 11.9 Å². The van der Waals surface area contributed by atoms with Crippen molar-refractivity contribution in [2.45, 2.75) is 33.6 Å². The summed E-state index contributed by atoms with van der Waals surface area (Å²) in [6.07, 6.45) is 1.88. The first-order valence-corrected chi connectivity index (χ1v) is 8.15. The lowest BCUT2D eigenvalue weighted by atomic mass is 10.1. The minimum absolute atomic E-state index is 0.149. The molecule has 2 amide bonds. The summed E-state index contributed by atoms with van der Waals surface area (Å²) in [7, 11) is 0. The molecule has 0 saturated carbocycles. The van der Waals surface area contributed by atoms with E-state index in [9.17, 15) is 4.79 Å². The van der Waals surface area contributed by atoms with E-state index >= 15 is 0 Å². The van der Waals surface area contributed by atoms with Gasteiger partial charge in [-0.05, 0) is 60.9 Å². The molecule has 0 fully saturated rings. The van der Waals surface area contributed by atoms with Gasteiger partial charge in [0.25, 0.3) is 0 Å². The Morgan fingerprint density at radius 2 is 1.90 bits per heavy atom. The number of rotatable bonds is 5. The molecule has 2 rings (SSSR count). The molecule has 0 spiro atoms. The third-order valence-corrected chi connectivity index (χ3v) is 4.75. The minimum atomic E-state index is -0.149. The fraction of sp³-hybridized carbons (Fsp3) is 0.353. The summed E-state index contributed by atoms with van der Waals surface area (Å²) in [5.74, 6) is 0. The van der Waals surface area contributed by atoms with E-state index in [1.807, 2.05) is 24.3 Å². The number of thiophene rings is 1. The molecule has 1 aromatic carbocycles. The molecule has 0 aliphatic heterocycles. The van der Waals surface area contributed by atoms with Crippen LogP contribution in [-0.2, 0) is 12.8 Å². The molecule has 4 heteroatoms. The Kier molecular flexibility index (Phi) is 5.39. The zero-order valence-electron chi connectivity index (χ0n) is 12.8. The number of amides is 2. The molecule has 0 unspecified atom stereocenters. The van der Waals surface area contributed by atoms with E-state index in [0.29, 0.717) is 6.54 Å². The molecule has 1 heterocycles. The van der Waals surface area contributed by atoms with Gasteiger partial charge in [-0.1, -0.05) is 19.1 Å². The van der Waals surface area contributed by atoms with E-state index < -0.39 is 0 Å². The van der Waals surface area contributed by atoms with Gasteiger partial charge in [0.2, 0.25) is 0 Å². The standard InChI is InChI=1S/C17H22N2OS/c1-4-14-5-7-16(8-6-14)19-17(20)18-10-9-15-11-21-13(3)12(15)2/h5-8,11H,4,9-10H2,1-3H3,(H2,18,19,20). The lowest BCUT2D eigenvalue weighted by Gasteiger charge is -2.08. The van der Waals surface area contributed by atoms with Crippen molar-refractivity contribution >= 4 is 23.1 Å². The van der Waals surface area contributed by atoms with Crippen LogP contribution in [0.4, 0.5) is 10.5 Å². The number of benzene rings is 1. The Labute approximate surface area is 130 Å². The SMILES string of the molecule is CCc1ccc(NC(=O)NCCc2csc(C)c2C)cc1. The van der Waals surface area contributed by atoms with Gasteiger partial charge in [0.1, 0.15) is 0 Å². The molecule has 0 aliphatic carbocycles. The highest BCUT2D eigenvalue weighted by Gasteiger charge is 2.05. The molecule has 2 N–H and O–H groups in total. The largest absolute Gasteiger partial charge is 0.338 e. The Morgan fingerprint density at radius 1 is 1.19 bits per heavy atom. The predicted octanol–water partition coefficient (Wildman–Crippen LogP) is 4.29. The molecular formula is C17H22N2OS. The number of carbonyl (C=O) groups excluding carboxylic acids is 1. The number of carbonyl (C=O) groups is 1. The second-order valence-corrected chi connectivity index (χ2v) is 6.21. The van der Waals surface area contributed by atoms with E-state index in [0.717, 1.165) is 18.5 Å². The van der Waals surface area contributed by atoms with E-state index in [-0.39, 0.29) is 6.03 Å². The van der Waals surface area contributed by atoms with Crippen LogP contribution in [0.25, 0.3) is 0 Å². The third-order valence-electron chi connectivity index (χ3n) is 3.69. The number of urea groups is 1. The summed E-state index contributed by atoms with van der Waals surface area (Å²) in [5, 5.41) is 7.93. The first-order valence-electron chi connectivity index (χ1n) is 7.27. The highest BCUT2D eigenvalue weighted by molar-refractivity contribution is 7.10. The van der Waals surface area contributed by atoms with Crippen LogP contribution in [0, 0.1) is 13.8 Å². The maximum Gasteiger partial charge on any atom is 0.319 e. The number of anilines is 1. The smallest absolute Gasteiger partial charge is 0.319 e. The van der Waals surface area contributed by atoms with E-state index in [1.54, 1.807) is 11.3 Å². The van der Waals surface area contributed by atoms with Crippen molar-refractivity contribution in [3.63, 3.8) is 0 Å². The van der Waals surface area contributed by atoms with Gasteiger partial charge in [-0.25, -0.2) is 4.79 Å². The van der Waals surface area contributed by atoms with Crippen LogP contribution in [0.15, 0.2) is 29.6 Å². The normalized spacial score (nSPS) is 10.4. The van der Waals surface area contributed by atoms with Gasteiger partial charge in [-0.3, -0.25) is 0 Å². The van der Waals surface area contributed by atoms with E-state index in [1.165, 1.54) is 21.6 Å². The highest BCUT2D eigenvalue weighted by Crippen LogP contribution is 2.20. The third kappa shape index (κ3) is 4.33. The maximum absolute atomic E-state index is 11.8. The zero-order chi connectivity index (χ0) is 15.2. The molecular weight excluding hydrogens is 280 g/mol. The summed E-state index contributed by atoms with van der Waals surface area (Å²) >= 11 is 1.77. The summed E-state index contributed by atoms with van der Waals surface area (Å²) in [6.45, 7) is 7.03. The molecule has 1 aromatic heterocycles. The number of nitrogens with one attached hydrogen (secondary N) is 2. The summed E-state index contributed by atoms with van der Waals surface area (Å²) < 4.78 is 0. The maximum atomic E-state index is 11.8. The van der Waals surface area contributed by atoms with Crippen molar-refractivity contribution in [1.29, 1.82) is 0 Å². The average molecular weight is 302 g/mol. The lowest BCUT2D eigenvalue weighted by molar-refractivity contribution is 0.252. The van der Waals surface area contributed by atoms with Crippen LogP contribution in [0.3, 0.4) is 0 Å². The molecule has 21 heavy (non-hydrogen) atoms. The predicted molar refractivity (Wildman–Crippen MR) is 90.3 cm³/mol. The van der Waals surface area contributed by atoms with Crippen LogP contribution in [-0.4, -0.2) is 12.6 Å². The van der Waals surface area contributed by atoms with Crippen LogP contribution in [0.1, 0.15) is 28.5 Å². The molecule has 2 aromatic rings. The molecule has 3 nitrogen and oxygen atoms in total. The molecule has 0 aliphatic rings. The second kappa shape index (κ2) is 7.27. The van der Waals surface area contributed by atoms with Crippen LogP contribution < -0.4 is 10.6 Å². The Bertz CT molecular complexity index is 602. The first kappa shape index (κ1) is 15.6. The summed E-state index contributed by atoms with van der Waals surface area (Å²) in [4.78, 5) is 13.2. The van der Waals surface area contributed by atoms with Gasteiger partial charge in [0.15, 0.2) is 0 Å². The fourth-order valence-corrected chi connectivity index (χ4v) is 3.04. The van der Waals surface area contributed by atoms with Crippen LogP contribution >= 0.6 is 11.3 Å². The number of hydrogen-bond acceptors (Lipinski definition) is 2. The van der Waals surface area contributed by atoms with Gasteiger partial charge >= 0.3 is 6.03 Å². The molecule has 0 saturated heterocycles. The van der Waals surface area contributed by atoms with Crippen LogP contribution in [0.5, 0.6) is 0 Å². The van der Waals surface area contributed by atoms with E-state index in [2.05, 4.69) is 36.8 Å². The lowest BCUT2D eigenvalue weighted by Crippen LogP contribution is -2.30. The molecule has 0 atom stereocenters. The average Bonchev–Trinajstić information content (AvgIpc) is 2.80. The van der Waals surface area contributed by atoms with Gasteiger partial charge in [0.05, 0.1) is 0 Å². The quantitative estimate of drug-likeness (QED) is 0.850. The Hall–Kier alpha value is -1.81. The van der Waals surface area contributed by atoms with E-state index in [4.69, 9.17) is 0 Å². The topological polar surface area (TPSA) is 41.1 Å².